The van der Waals surface area contributed by atoms with Crippen molar-refractivity contribution in [1.29, 1.82) is 0 Å². The molecule has 300 valence electrons. The van der Waals surface area contributed by atoms with E-state index in [1.807, 2.05) is 30.3 Å². The van der Waals surface area contributed by atoms with Crippen LogP contribution in [-0.4, -0.2) is 38.9 Å². The number of hydrogen-bond donors (Lipinski definition) is 3. The maximum atomic E-state index is 13.5. The summed E-state index contributed by atoms with van der Waals surface area (Å²) < 4.78 is 105. The molecule has 3 N–H and O–H groups in total. The van der Waals surface area contributed by atoms with Crippen molar-refractivity contribution < 1.29 is 138 Å². The van der Waals surface area contributed by atoms with Gasteiger partial charge in [-0.15, -0.1) is 10.2 Å². The topological polar surface area (TPSA) is 274 Å². The number of benzene rings is 7. The molecule has 0 aromatic heterocycles. The molecule has 0 aliphatic carbocycles. The van der Waals surface area contributed by atoms with Crippen molar-refractivity contribution in [2.24, 2.45) is 20.5 Å². The van der Waals surface area contributed by atoms with Gasteiger partial charge in [-0.2, -0.15) is 27.1 Å². The number of hydrogen-bond acceptors (Lipinski definition) is 14. The van der Waals surface area contributed by atoms with Gasteiger partial charge >= 0.3 is 88.7 Å². The number of fused-ring (bicyclic) bond motifs is 2. The van der Waals surface area contributed by atoms with E-state index in [9.17, 15) is 49.1 Å². The zero-order valence-electron chi connectivity index (χ0n) is 33.6. The SMILES string of the molecule is Cc1cc(-c2ccc(N=Nc3c(S(=O)(=O)O)cc4cccc(S(=O)(=O)[O-])c4c3[O-])c(C)c2)ccc1N=Nc1c(S(=O)(=O)O)cc2cc(Nc3ccccc3)ccc2c1[O-].[Na+].[Na+].[Na+]. The normalized spacial score (nSPS) is 12.0. The van der Waals surface area contributed by atoms with E-state index in [1.165, 1.54) is 18.2 Å². The van der Waals surface area contributed by atoms with E-state index in [0.717, 1.165) is 30.0 Å². The molecular weight excluding hydrogens is 892 g/mol. The van der Waals surface area contributed by atoms with Gasteiger partial charge in [-0.1, -0.05) is 60.0 Å². The standard InChI is InChI=1S/C40H31N5O11S3.3Na/c1-22-17-24(11-15-31(22)42-44-37-35(59(54,55)56)21-27-19-29(13-14-30(27)39(37)46)41-28-8-4-3-5-9-28)25-12-16-32(23(2)18-25)43-45-38-34(58(51,52)53)20-26-7-6-10-33(57(48,49)50)36(26)40(38)47;;;/h3-21,41,46-47H,1-2H3,(H,48,49,50)(H,51,52,53)(H,54,55,56);;;/q;3*+1/p-3. The van der Waals surface area contributed by atoms with E-state index in [2.05, 4.69) is 25.8 Å². The summed E-state index contributed by atoms with van der Waals surface area (Å²) >= 11 is 0. The van der Waals surface area contributed by atoms with Gasteiger partial charge in [-0.05, 0) is 124 Å². The molecule has 7 aromatic rings. The average molecular weight is 920 g/mol. The minimum atomic E-state index is -5.16. The largest absolute Gasteiger partial charge is 1.00 e. The molecule has 7 aromatic carbocycles. The molecule has 0 saturated heterocycles. The third-order valence-corrected chi connectivity index (χ3v) is 11.8. The van der Waals surface area contributed by atoms with E-state index < -0.39 is 73.3 Å². The van der Waals surface area contributed by atoms with Crippen LogP contribution >= 0.6 is 0 Å². The van der Waals surface area contributed by atoms with Gasteiger partial charge in [0, 0.05) is 11.4 Å². The minimum absolute atomic E-state index is 0. The Kier molecular flexibility index (Phi) is 16.5. The molecule has 0 bridgehead atoms. The van der Waals surface area contributed by atoms with E-state index in [-0.39, 0.29) is 116 Å². The molecule has 22 heteroatoms. The summed E-state index contributed by atoms with van der Waals surface area (Å²) in [5.41, 5.74) is 2.74. The van der Waals surface area contributed by atoms with E-state index >= 15 is 0 Å². The van der Waals surface area contributed by atoms with Crippen molar-refractivity contribution in [3.05, 3.63) is 126 Å². The maximum absolute atomic E-state index is 13.5. The molecule has 0 radical (unpaired) electrons. The van der Waals surface area contributed by atoms with Gasteiger partial charge in [0.15, 0.2) is 0 Å². The van der Waals surface area contributed by atoms with Crippen LogP contribution in [0, 0.1) is 13.8 Å². The van der Waals surface area contributed by atoms with Crippen LogP contribution in [0.2, 0.25) is 0 Å². The molecule has 0 amide bonds. The zero-order chi connectivity index (χ0) is 42.4. The molecule has 0 fully saturated rings. The van der Waals surface area contributed by atoms with E-state index in [1.54, 1.807) is 56.3 Å². The van der Waals surface area contributed by atoms with E-state index in [4.69, 9.17) is 0 Å². The predicted molar refractivity (Wildman–Crippen MR) is 214 cm³/mol. The Morgan fingerprint density at radius 3 is 1.53 bits per heavy atom. The molecular formula is C40H28N5Na3O11S3. The van der Waals surface area contributed by atoms with Crippen molar-refractivity contribution in [3.8, 4) is 22.6 Å². The molecule has 16 nitrogen and oxygen atoms in total. The maximum Gasteiger partial charge on any atom is 1.00 e. The smallest absolute Gasteiger partial charge is 0.871 e. The van der Waals surface area contributed by atoms with Crippen LogP contribution < -0.4 is 104 Å². The van der Waals surface area contributed by atoms with Crippen molar-refractivity contribution in [2.45, 2.75) is 28.5 Å². The summed E-state index contributed by atoms with van der Waals surface area (Å²) in [4.78, 5) is -2.54. The molecule has 0 aliphatic rings. The second kappa shape index (κ2) is 20.1. The van der Waals surface area contributed by atoms with Crippen LogP contribution in [-0.2, 0) is 30.4 Å². The van der Waals surface area contributed by atoms with Crippen LogP contribution in [0.3, 0.4) is 0 Å². The molecule has 7 rings (SSSR count). The van der Waals surface area contributed by atoms with Crippen LogP contribution in [0.5, 0.6) is 11.5 Å². The number of para-hydroxylation sites is 1. The van der Waals surface area contributed by atoms with Gasteiger partial charge in [-0.25, -0.2) is 8.42 Å². The third-order valence-electron chi connectivity index (χ3n) is 9.18. The van der Waals surface area contributed by atoms with Crippen molar-refractivity contribution in [1.82, 2.24) is 0 Å². The summed E-state index contributed by atoms with van der Waals surface area (Å²) in [5, 5.41) is 45.6. The Balaban J connectivity index is 0.00000282. The number of nitrogens with zero attached hydrogens (tertiary/aromatic N) is 4. The second-order valence-corrected chi connectivity index (χ2v) is 17.3. The number of rotatable bonds is 10. The number of anilines is 2. The predicted octanol–water partition coefficient (Wildman–Crippen LogP) is -0.592. The Bertz CT molecular complexity index is 3290. The van der Waals surface area contributed by atoms with Gasteiger partial charge in [0.05, 0.1) is 27.6 Å². The minimum Gasteiger partial charge on any atom is -0.871 e. The first-order valence-corrected chi connectivity index (χ1v) is 21.4. The van der Waals surface area contributed by atoms with Gasteiger partial charge in [0.25, 0.3) is 20.2 Å². The van der Waals surface area contributed by atoms with Gasteiger partial charge in [-0.3, -0.25) is 9.11 Å². The molecule has 0 aliphatic heterocycles. The second-order valence-electron chi connectivity index (χ2n) is 13.2. The van der Waals surface area contributed by atoms with Crippen LogP contribution in [0.15, 0.2) is 150 Å². The molecule has 0 saturated carbocycles. The van der Waals surface area contributed by atoms with Crippen molar-refractivity contribution in [2.75, 3.05) is 5.32 Å². The Morgan fingerprint density at radius 2 is 1.03 bits per heavy atom. The van der Waals surface area contributed by atoms with Gasteiger partial charge in [0.2, 0.25) is 0 Å². The zero-order valence-corrected chi connectivity index (χ0v) is 42.0. The first kappa shape index (κ1) is 51.0. The summed E-state index contributed by atoms with van der Waals surface area (Å²) in [7, 11) is -15.1. The Morgan fingerprint density at radius 1 is 0.516 bits per heavy atom. The third kappa shape index (κ3) is 11.0. The van der Waals surface area contributed by atoms with E-state index in [0.29, 0.717) is 27.9 Å². The molecule has 0 unspecified atom stereocenters. The fraction of sp³-hybridized carbons (Fsp3) is 0.0500. The first-order chi connectivity index (χ1) is 27.8. The monoisotopic (exact) mass is 919 g/mol. The Hall–Kier alpha value is -3.61. The Labute approximate surface area is 422 Å². The van der Waals surface area contributed by atoms with Crippen molar-refractivity contribution >= 4 is 86.0 Å². The molecule has 0 heterocycles. The van der Waals surface area contributed by atoms with Crippen LogP contribution in [0.1, 0.15) is 11.1 Å². The van der Waals surface area contributed by atoms with Crippen molar-refractivity contribution in [3.63, 3.8) is 0 Å². The van der Waals surface area contributed by atoms with Crippen LogP contribution in [0.25, 0.3) is 32.7 Å². The average Bonchev–Trinajstić information content (AvgIpc) is 3.17. The number of azo groups is 2. The summed E-state index contributed by atoms with van der Waals surface area (Å²) in [5.74, 6) is -2.00. The molecule has 0 spiro atoms. The van der Waals surface area contributed by atoms with Gasteiger partial charge < -0.3 is 20.1 Å². The summed E-state index contributed by atoms with van der Waals surface area (Å²) in [6, 6.07) is 29.0. The number of nitrogens with one attached hydrogen (secondary N) is 1. The molecule has 62 heavy (non-hydrogen) atoms. The fourth-order valence-electron chi connectivity index (χ4n) is 6.35. The van der Waals surface area contributed by atoms with Gasteiger partial charge in [0.1, 0.15) is 19.9 Å². The number of aryl methyl sites for hydroxylation is 2. The summed E-state index contributed by atoms with van der Waals surface area (Å²) in [6.45, 7) is 3.35. The quantitative estimate of drug-likeness (QED) is 0.0883. The fourth-order valence-corrected chi connectivity index (χ4v) is 8.36. The first-order valence-electron chi connectivity index (χ1n) is 17.1. The summed E-state index contributed by atoms with van der Waals surface area (Å²) in [6.07, 6.45) is 0. The molecule has 0 atom stereocenters. The van der Waals surface area contributed by atoms with Crippen LogP contribution in [0.4, 0.5) is 34.1 Å².